The van der Waals surface area contributed by atoms with Crippen molar-refractivity contribution in [3.63, 3.8) is 0 Å². The second-order valence-corrected chi connectivity index (χ2v) is 13.4. The van der Waals surface area contributed by atoms with Crippen molar-refractivity contribution in [1.82, 2.24) is 4.83 Å². The average molecular weight is 499 g/mol. The van der Waals surface area contributed by atoms with Crippen LogP contribution in [-0.2, 0) is 19.6 Å². The first-order valence-corrected chi connectivity index (χ1v) is 14.5. The lowest BCUT2D eigenvalue weighted by atomic mass is 9.48. The molecule has 4 aliphatic carbocycles. The Hall–Kier alpha value is -2.15. The zero-order valence-corrected chi connectivity index (χ0v) is 22.2. The molecule has 0 aromatic heterocycles. The molecule has 1 N–H and O–H groups in total. The summed E-state index contributed by atoms with van der Waals surface area (Å²) in [5.41, 5.74) is 3.63. The number of rotatable bonds is 4. The first kappa shape index (κ1) is 24.5. The van der Waals surface area contributed by atoms with Crippen LogP contribution in [-0.4, -0.2) is 26.2 Å². The molecule has 0 aliphatic heterocycles. The van der Waals surface area contributed by atoms with Gasteiger partial charge in [-0.15, -0.1) is 0 Å². The molecule has 0 spiro atoms. The molecule has 6 unspecified atom stereocenters. The van der Waals surface area contributed by atoms with Gasteiger partial charge < -0.3 is 4.74 Å². The molecule has 6 nitrogen and oxygen atoms in total. The minimum atomic E-state index is -3.67. The first-order chi connectivity index (χ1) is 16.5. The second-order valence-electron chi connectivity index (χ2n) is 11.7. The van der Waals surface area contributed by atoms with Gasteiger partial charge in [0.1, 0.15) is 6.10 Å². The van der Waals surface area contributed by atoms with Crippen molar-refractivity contribution in [1.29, 1.82) is 0 Å². The number of esters is 1. The van der Waals surface area contributed by atoms with Gasteiger partial charge in [0.2, 0.25) is 0 Å². The van der Waals surface area contributed by atoms with E-state index < -0.39 is 10.0 Å². The van der Waals surface area contributed by atoms with Crippen LogP contribution in [0.5, 0.6) is 0 Å². The van der Waals surface area contributed by atoms with E-state index in [1.807, 2.05) is 6.92 Å². The van der Waals surface area contributed by atoms with E-state index in [0.29, 0.717) is 17.8 Å². The van der Waals surface area contributed by atoms with E-state index in [4.69, 9.17) is 4.74 Å². The molecular formula is C28H38N2O4S. The Morgan fingerprint density at radius 1 is 1.06 bits per heavy atom. The summed E-state index contributed by atoms with van der Waals surface area (Å²) >= 11 is 0. The van der Waals surface area contributed by atoms with Gasteiger partial charge >= 0.3 is 5.97 Å². The average Bonchev–Trinajstić information content (AvgIpc) is 3.14. The van der Waals surface area contributed by atoms with Crippen molar-refractivity contribution in [2.75, 3.05) is 0 Å². The third kappa shape index (κ3) is 4.24. The molecule has 0 amide bonds. The molecule has 35 heavy (non-hydrogen) atoms. The largest absolute Gasteiger partial charge is 0.462 e. The Kier molecular flexibility index (Phi) is 6.14. The van der Waals surface area contributed by atoms with Crippen molar-refractivity contribution in [2.45, 2.75) is 90.1 Å². The number of carbonyl (C=O) groups is 1. The molecule has 5 rings (SSSR count). The van der Waals surface area contributed by atoms with Gasteiger partial charge in [0, 0.05) is 24.5 Å². The van der Waals surface area contributed by atoms with Gasteiger partial charge in [-0.05, 0) is 87.2 Å². The van der Waals surface area contributed by atoms with Crippen LogP contribution >= 0.6 is 0 Å². The number of nitrogens with zero attached hydrogens (tertiary/aromatic N) is 1. The number of hydrogen-bond acceptors (Lipinski definition) is 5. The number of carbonyl (C=O) groups excluding carboxylic acids is 1. The van der Waals surface area contributed by atoms with Gasteiger partial charge in [0.25, 0.3) is 10.0 Å². The summed E-state index contributed by atoms with van der Waals surface area (Å²) in [7, 11) is -3.67. The van der Waals surface area contributed by atoms with Gasteiger partial charge in [-0.2, -0.15) is 13.5 Å². The fourth-order valence-electron chi connectivity index (χ4n) is 7.82. The molecule has 6 atom stereocenters. The predicted octanol–water partition coefficient (Wildman–Crippen LogP) is 5.52. The van der Waals surface area contributed by atoms with E-state index in [2.05, 4.69) is 29.9 Å². The minimum Gasteiger partial charge on any atom is -0.462 e. The van der Waals surface area contributed by atoms with Gasteiger partial charge in [-0.3, -0.25) is 4.79 Å². The lowest BCUT2D eigenvalue weighted by molar-refractivity contribution is -0.148. The van der Waals surface area contributed by atoms with Crippen molar-refractivity contribution in [3.05, 3.63) is 41.5 Å². The number of nitrogens with one attached hydrogen (secondary N) is 1. The number of hydrazone groups is 1. The fourth-order valence-corrected chi connectivity index (χ4v) is 8.65. The van der Waals surface area contributed by atoms with Crippen LogP contribution in [0.4, 0.5) is 0 Å². The maximum Gasteiger partial charge on any atom is 0.302 e. The lowest BCUT2D eigenvalue weighted by Gasteiger charge is -2.57. The Morgan fingerprint density at radius 2 is 1.74 bits per heavy atom. The maximum atomic E-state index is 12.8. The van der Waals surface area contributed by atoms with E-state index >= 15 is 0 Å². The fraction of sp³-hybridized carbons (Fsp3) is 0.643. The zero-order valence-electron chi connectivity index (χ0n) is 21.3. The zero-order chi connectivity index (χ0) is 25.0. The Balaban J connectivity index is 1.34. The summed E-state index contributed by atoms with van der Waals surface area (Å²) < 4.78 is 31.2. The molecule has 0 radical (unpaired) electrons. The first-order valence-electron chi connectivity index (χ1n) is 13.1. The van der Waals surface area contributed by atoms with Crippen LogP contribution in [0.2, 0.25) is 0 Å². The van der Waals surface area contributed by atoms with Crippen LogP contribution in [0.15, 0.2) is 45.9 Å². The number of fused-ring (bicyclic) bond motifs is 5. The van der Waals surface area contributed by atoms with Crippen LogP contribution in [0, 0.1) is 35.5 Å². The molecule has 3 fully saturated rings. The summed E-state index contributed by atoms with van der Waals surface area (Å²) in [6, 6.07) is 6.87. The van der Waals surface area contributed by atoms with Gasteiger partial charge in [-0.25, -0.2) is 4.83 Å². The van der Waals surface area contributed by atoms with Crippen molar-refractivity contribution in [3.8, 4) is 0 Å². The summed E-state index contributed by atoms with van der Waals surface area (Å²) in [6.45, 7) is 8.18. The maximum absolute atomic E-state index is 12.8. The quantitative estimate of drug-likeness (QED) is 0.336. The van der Waals surface area contributed by atoms with E-state index in [1.165, 1.54) is 12.5 Å². The summed E-state index contributed by atoms with van der Waals surface area (Å²) in [4.78, 5) is 14.3. The van der Waals surface area contributed by atoms with Crippen molar-refractivity contribution >= 4 is 21.7 Å². The van der Waals surface area contributed by atoms with E-state index in [-0.39, 0.29) is 27.8 Å². The van der Waals surface area contributed by atoms with E-state index in [0.717, 1.165) is 62.6 Å². The van der Waals surface area contributed by atoms with Crippen LogP contribution in [0.25, 0.3) is 0 Å². The van der Waals surface area contributed by atoms with Gasteiger partial charge in [0.05, 0.1) is 4.90 Å². The molecule has 190 valence electrons. The topological polar surface area (TPSA) is 84.8 Å². The number of benzene rings is 1. The number of sulfonamides is 1. The SMILES string of the molecule is CC(=O)OC1CCC2(C)C(=CCC3C2CCC2(C)/C(=N\NS(=O)(=O)c4ccc(C)cc4)CCC32)C1. The van der Waals surface area contributed by atoms with Crippen LogP contribution in [0.3, 0.4) is 0 Å². The molecule has 1 aromatic rings. The minimum absolute atomic E-state index is 0.0176. The number of aryl methyl sites for hydroxylation is 1. The van der Waals surface area contributed by atoms with Gasteiger partial charge in [-0.1, -0.05) is 43.2 Å². The smallest absolute Gasteiger partial charge is 0.302 e. The number of hydrogen-bond donors (Lipinski definition) is 1. The lowest BCUT2D eigenvalue weighted by Crippen LogP contribution is -2.50. The molecule has 0 bridgehead atoms. The Labute approximate surface area is 209 Å². The summed E-state index contributed by atoms with van der Waals surface area (Å²) in [5.74, 6) is 1.55. The highest BCUT2D eigenvalue weighted by Gasteiger charge is 2.58. The third-order valence-electron chi connectivity index (χ3n) is 9.76. The molecular weight excluding hydrogens is 460 g/mol. The molecule has 0 heterocycles. The molecule has 3 saturated carbocycles. The Morgan fingerprint density at radius 3 is 2.46 bits per heavy atom. The molecule has 7 heteroatoms. The summed E-state index contributed by atoms with van der Waals surface area (Å²) in [6.07, 6.45) is 10.5. The normalized spacial score (nSPS) is 37.6. The van der Waals surface area contributed by atoms with Crippen molar-refractivity contribution in [2.24, 2.45) is 33.7 Å². The van der Waals surface area contributed by atoms with Crippen LogP contribution in [0.1, 0.15) is 77.7 Å². The molecule has 1 aromatic carbocycles. The highest BCUT2D eigenvalue weighted by Crippen LogP contribution is 2.64. The highest BCUT2D eigenvalue weighted by atomic mass is 32.2. The molecule has 4 aliphatic rings. The number of ether oxygens (including phenoxy) is 1. The van der Waals surface area contributed by atoms with Crippen LogP contribution < -0.4 is 4.83 Å². The Bertz CT molecular complexity index is 1170. The number of allylic oxidation sites excluding steroid dienone is 1. The summed E-state index contributed by atoms with van der Waals surface area (Å²) in [5, 5.41) is 4.54. The van der Waals surface area contributed by atoms with Gasteiger partial charge in [0.15, 0.2) is 0 Å². The monoisotopic (exact) mass is 498 g/mol. The second kappa shape index (κ2) is 8.75. The van der Waals surface area contributed by atoms with Crippen molar-refractivity contribution < 1.29 is 17.9 Å². The highest BCUT2D eigenvalue weighted by molar-refractivity contribution is 7.89. The predicted molar refractivity (Wildman–Crippen MR) is 136 cm³/mol. The molecule has 0 saturated heterocycles. The van der Waals surface area contributed by atoms with E-state index in [9.17, 15) is 13.2 Å². The van der Waals surface area contributed by atoms with E-state index in [1.54, 1.807) is 24.3 Å². The standard InChI is InChI=1S/C28H38N2O4S/c1-18-5-8-22(9-6-18)35(32,33)30-29-26-12-11-24-23-10-7-20-17-21(34-19(2)31)13-15-27(20,3)25(23)14-16-28(24,26)4/h5-9,21,23-25,30H,10-17H2,1-4H3/b29-26-. The third-order valence-corrected chi connectivity index (χ3v) is 11.0.